The zero-order valence-corrected chi connectivity index (χ0v) is 19.6. The Bertz CT molecular complexity index is 1190. The van der Waals surface area contributed by atoms with E-state index in [2.05, 4.69) is 10.1 Å². The van der Waals surface area contributed by atoms with Gasteiger partial charge in [0.05, 0.1) is 36.3 Å². The van der Waals surface area contributed by atoms with Crippen molar-refractivity contribution in [2.24, 2.45) is 0 Å². The Morgan fingerprint density at radius 3 is 2.38 bits per heavy atom. The summed E-state index contributed by atoms with van der Waals surface area (Å²) >= 11 is 0. The van der Waals surface area contributed by atoms with Crippen molar-refractivity contribution >= 4 is 33.3 Å². The highest BCUT2D eigenvalue weighted by Crippen LogP contribution is 2.30. The number of esters is 1. The number of ether oxygens (including phenoxy) is 2. The van der Waals surface area contributed by atoms with Crippen LogP contribution >= 0.6 is 0 Å². The summed E-state index contributed by atoms with van der Waals surface area (Å²) in [5.41, 5.74) is 0.663. The number of sulfonamides is 1. The maximum atomic E-state index is 14.0. The van der Waals surface area contributed by atoms with E-state index in [1.165, 1.54) is 28.6 Å². The molecular weight excluding hydrogens is 465 g/mol. The third-order valence-corrected chi connectivity index (χ3v) is 7.79. The van der Waals surface area contributed by atoms with Gasteiger partial charge in [-0.3, -0.25) is 4.79 Å². The fourth-order valence-corrected chi connectivity index (χ4v) is 5.53. The zero-order chi connectivity index (χ0) is 24.3. The second kappa shape index (κ2) is 10.1. The van der Waals surface area contributed by atoms with Crippen molar-refractivity contribution in [1.82, 2.24) is 4.31 Å². The van der Waals surface area contributed by atoms with Crippen LogP contribution in [0.1, 0.15) is 33.6 Å². The molecule has 2 heterocycles. The molecule has 2 saturated heterocycles. The molecule has 2 aromatic rings. The van der Waals surface area contributed by atoms with Gasteiger partial charge < -0.3 is 19.7 Å². The van der Waals surface area contributed by atoms with E-state index in [9.17, 15) is 22.4 Å². The highest BCUT2D eigenvalue weighted by atomic mass is 32.2. The number of nitrogens with zero attached hydrogens (tertiary/aromatic N) is 2. The standard InChI is InChI=1S/C23H26FN3O6S/c1-32-23(29)18-14-16(4-6-20(18)24)25-22(28)19-15-17(5-7-21(19)26-8-2-3-9-26)34(30,31)27-10-12-33-13-11-27/h4-7,14-15H,2-3,8-13H2,1H3,(H,25,28). The van der Waals surface area contributed by atoms with Crippen LogP contribution in [0.15, 0.2) is 41.3 Å². The van der Waals surface area contributed by atoms with Gasteiger partial charge in [0.15, 0.2) is 0 Å². The second-order valence-electron chi connectivity index (χ2n) is 8.03. The van der Waals surface area contributed by atoms with Gasteiger partial charge in [0.25, 0.3) is 5.91 Å². The van der Waals surface area contributed by atoms with E-state index in [4.69, 9.17) is 4.74 Å². The summed E-state index contributed by atoms with van der Waals surface area (Å²) < 4.78 is 51.5. The molecule has 34 heavy (non-hydrogen) atoms. The van der Waals surface area contributed by atoms with E-state index in [1.54, 1.807) is 6.07 Å². The van der Waals surface area contributed by atoms with Gasteiger partial charge in [0.1, 0.15) is 5.82 Å². The average Bonchev–Trinajstić information content (AvgIpc) is 3.39. The fourth-order valence-electron chi connectivity index (χ4n) is 4.10. The summed E-state index contributed by atoms with van der Waals surface area (Å²) in [6.07, 6.45) is 1.94. The molecule has 2 aliphatic rings. The van der Waals surface area contributed by atoms with Crippen LogP contribution in [0.2, 0.25) is 0 Å². The number of benzene rings is 2. The highest BCUT2D eigenvalue weighted by molar-refractivity contribution is 7.89. The predicted octanol–water partition coefficient (Wildman–Crippen LogP) is 2.49. The monoisotopic (exact) mass is 491 g/mol. The van der Waals surface area contributed by atoms with Crippen LogP contribution in [-0.4, -0.2) is 71.1 Å². The van der Waals surface area contributed by atoms with E-state index in [-0.39, 0.29) is 34.8 Å². The fraction of sp³-hybridized carbons (Fsp3) is 0.391. The molecule has 0 unspecified atom stereocenters. The first-order chi connectivity index (χ1) is 16.3. The minimum absolute atomic E-state index is 0.0110. The second-order valence-corrected chi connectivity index (χ2v) is 9.97. The van der Waals surface area contributed by atoms with E-state index in [0.29, 0.717) is 18.9 Å². The summed E-state index contributed by atoms with van der Waals surface area (Å²) in [6, 6.07) is 8.11. The number of carbonyl (C=O) groups is 2. The molecule has 4 rings (SSSR count). The number of methoxy groups -OCH3 is 1. The van der Waals surface area contributed by atoms with Crippen molar-refractivity contribution in [3.05, 3.63) is 53.3 Å². The normalized spacial score (nSPS) is 16.9. The van der Waals surface area contributed by atoms with Crippen molar-refractivity contribution in [2.75, 3.05) is 56.7 Å². The molecule has 0 radical (unpaired) electrons. The first-order valence-electron chi connectivity index (χ1n) is 11.0. The Morgan fingerprint density at radius 2 is 1.71 bits per heavy atom. The van der Waals surface area contributed by atoms with Gasteiger partial charge in [-0.15, -0.1) is 0 Å². The Morgan fingerprint density at radius 1 is 1.00 bits per heavy atom. The zero-order valence-electron chi connectivity index (χ0n) is 18.8. The summed E-state index contributed by atoms with van der Waals surface area (Å²) in [7, 11) is -2.68. The van der Waals surface area contributed by atoms with E-state index >= 15 is 0 Å². The molecule has 0 spiro atoms. The van der Waals surface area contributed by atoms with Gasteiger partial charge in [0.2, 0.25) is 10.0 Å². The number of amides is 1. The molecule has 182 valence electrons. The number of morpholine rings is 1. The van der Waals surface area contributed by atoms with Gasteiger partial charge in [0, 0.05) is 37.6 Å². The molecule has 11 heteroatoms. The lowest BCUT2D eigenvalue weighted by molar-refractivity contribution is 0.0595. The molecule has 2 aliphatic heterocycles. The molecule has 1 amide bonds. The third kappa shape index (κ3) is 4.91. The Hall–Kier alpha value is -3.02. The number of hydrogen-bond donors (Lipinski definition) is 1. The summed E-state index contributed by atoms with van der Waals surface area (Å²) in [5, 5.41) is 2.66. The summed E-state index contributed by atoms with van der Waals surface area (Å²) in [6.45, 7) is 2.60. The van der Waals surface area contributed by atoms with Crippen LogP contribution in [0.5, 0.6) is 0 Å². The molecular formula is C23H26FN3O6S. The van der Waals surface area contributed by atoms with Gasteiger partial charge in [-0.25, -0.2) is 17.6 Å². The van der Waals surface area contributed by atoms with Crippen LogP contribution < -0.4 is 10.2 Å². The topological polar surface area (TPSA) is 105 Å². The lowest BCUT2D eigenvalue weighted by atomic mass is 10.1. The van der Waals surface area contributed by atoms with Crippen LogP contribution in [0.4, 0.5) is 15.8 Å². The van der Waals surface area contributed by atoms with Crippen LogP contribution in [0, 0.1) is 5.82 Å². The van der Waals surface area contributed by atoms with E-state index in [1.807, 2.05) is 4.90 Å². The lowest BCUT2D eigenvalue weighted by Gasteiger charge is -2.27. The Balaban J connectivity index is 1.69. The molecule has 2 aromatic carbocycles. The molecule has 1 N–H and O–H groups in total. The molecule has 9 nitrogen and oxygen atoms in total. The molecule has 0 aliphatic carbocycles. The number of halogens is 1. The van der Waals surface area contributed by atoms with E-state index in [0.717, 1.165) is 39.1 Å². The number of anilines is 2. The molecule has 0 saturated carbocycles. The van der Waals surface area contributed by atoms with E-state index < -0.39 is 27.7 Å². The van der Waals surface area contributed by atoms with Gasteiger partial charge in [-0.2, -0.15) is 4.31 Å². The van der Waals surface area contributed by atoms with Crippen LogP contribution in [-0.2, 0) is 19.5 Å². The SMILES string of the molecule is COC(=O)c1cc(NC(=O)c2cc(S(=O)(=O)N3CCOCC3)ccc2N2CCCC2)ccc1F. The number of nitrogens with one attached hydrogen (secondary N) is 1. The molecule has 2 fully saturated rings. The number of hydrogen-bond acceptors (Lipinski definition) is 7. The van der Waals surface area contributed by atoms with Crippen molar-refractivity contribution in [1.29, 1.82) is 0 Å². The quantitative estimate of drug-likeness (QED) is 0.619. The lowest BCUT2D eigenvalue weighted by Crippen LogP contribution is -2.40. The Kier molecular flexibility index (Phi) is 7.15. The molecule has 0 bridgehead atoms. The van der Waals surface area contributed by atoms with Gasteiger partial charge >= 0.3 is 5.97 Å². The largest absolute Gasteiger partial charge is 0.465 e. The molecule has 0 aromatic heterocycles. The van der Waals surface area contributed by atoms with Crippen LogP contribution in [0.3, 0.4) is 0 Å². The summed E-state index contributed by atoms with van der Waals surface area (Å²) in [5.74, 6) is -2.21. The minimum atomic E-state index is -3.81. The maximum Gasteiger partial charge on any atom is 0.340 e. The first kappa shape index (κ1) is 24.1. The maximum absolute atomic E-state index is 14.0. The number of rotatable bonds is 6. The van der Waals surface area contributed by atoms with Crippen molar-refractivity contribution in [3.8, 4) is 0 Å². The third-order valence-electron chi connectivity index (χ3n) is 5.90. The van der Waals surface area contributed by atoms with Crippen molar-refractivity contribution in [2.45, 2.75) is 17.7 Å². The average molecular weight is 492 g/mol. The van der Waals surface area contributed by atoms with Crippen LogP contribution in [0.25, 0.3) is 0 Å². The predicted molar refractivity (Wildman–Crippen MR) is 123 cm³/mol. The smallest absolute Gasteiger partial charge is 0.340 e. The number of carbonyl (C=O) groups excluding carboxylic acids is 2. The Labute approximate surface area is 197 Å². The van der Waals surface area contributed by atoms with Gasteiger partial charge in [-0.05, 0) is 49.2 Å². The first-order valence-corrected chi connectivity index (χ1v) is 12.4. The minimum Gasteiger partial charge on any atom is -0.465 e. The van der Waals surface area contributed by atoms with Gasteiger partial charge in [-0.1, -0.05) is 0 Å². The molecule has 0 atom stereocenters. The van der Waals surface area contributed by atoms with Crippen molar-refractivity contribution < 1.29 is 31.9 Å². The summed E-state index contributed by atoms with van der Waals surface area (Å²) in [4.78, 5) is 27.2. The van der Waals surface area contributed by atoms with Crippen molar-refractivity contribution in [3.63, 3.8) is 0 Å². The highest BCUT2D eigenvalue weighted by Gasteiger charge is 2.29.